The number of rotatable bonds is 12. The van der Waals surface area contributed by atoms with Crippen molar-refractivity contribution in [2.24, 2.45) is 0 Å². The number of alkyl carbamates (subject to hydrolysis) is 2. The normalized spacial score (nSPS) is 12.3. The second-order valence-electron chi connectivity index (χ2n) is 14.1. The number of hydrogen-bond donors (Lipinski definition) is 6. The summed E-state index contributed by atoms with van der Waals surface area (Å²) in [6.45, 7) is -0.107. The summed E-state index contributed by atoms with van der Waals surface area (Å²) in [4.78, 5) is 77.4. The number of nitrogens with one attached hydrogen (secondary N) is 4. The van der Waals surface area contributed by atoms with Crippen LogP contribution in [0.4, 0.5) is 32.3 Å². The maximum Gasteiger partial charge on any atom is 0.408 e. The van der Waals surface area contributed by atoms with Crippen molar-refractivity contribution in [3.05, 3.63) is 177 Å². The van der Waals surface area contributed by atoms with Crippen molar-refractivity contribution >= 4 is 58.1 Å². The third kappa shape index (κ3) is 8.10. The summed E-state index contributed by atoms with van der Waals surface area (Å²) in [5.74, 6) is -2.11. The van der Waals surface area contributed by atoms with Crippen molar-refractivity contribution in [3.8, 4) is 11.5 Å². The topological polar surface area (TPSA) is 209 Å². The van der Waals surface area contributed by atoms with E-state index in [0.29, 0.717) is 35.6 Å². The molecule has 61 heavy (non-hydrogen) atoms. The molecule has 0 radical (unpaired) electrons. The number of carbonyl (C=O) groups is 6. The number of fused-ring (bicyclic) bond motifs is 4. The van der Waals surface area contributed by atoms with Crippen LogP contribution >= 0.6 is 0 Å². The Bertz CT molecular complexity index is 2580. The van der Waals surface area contributed by atoms with E-state index in [9.17, 15) is 39.0 Å². The number of benzene rings is 6. The minimum absolute atomic E-state index is 0.0392. The van der Waals surface area contributed by atoms with Crippen molar-refractivity contribution in [2.75, 3.05) is 30.5 Å². The van der Waals surface area contributed by atoms with Gasteiger partial charge in [0.2, 0.25) is 0 Å². The monoisotopic (exact) mass is 816 g/mol. The molecule has 6 aromatic rings. The van der Waals surface area contributed by atoms with E-state index in [0.717, 1.165) is 11.1 Å². The molecule has 2 aliphatic rings. The molecule has 2 amide bonds. The molecule has 14 heteroatoms. The number of carbonyl (C=O) groups excluding carboxylic acids is 6. The molecule has 2 aliphatic carbocycles. The minimum atomic E-state index is -0.737. The zero-order valence-corrected chi connectivity index (χ0v) is 32.2. The van der Waals surface area contributed by atoms with Crippen LogP contribution in [0.15, 0.2) is 121 Å². The van der Waals surface area contributed by atoms with Crippen LogP contribution in [-0.4, -0.2) is 65.4 Å². The van der Waals surface area contributed by atoms with Gasteiger partial charge >= 0.3 is 12.2 Å². The van der Waals surface area contributed by atoms with E-state index in [1.165, 1.54) is 12.1 Å². The number of ether oxygens (including phenoxy) is 2. The summed E-state index contributed by atoms with van der Waals surface area (Å²) in [6.07, 6.45) is -0.683. The smallest absolute Gasteiger partial charge is 0.408 e. The molecule has 0 saturated heterocycles. The molecule has 14 nitrogen and oxygen atoms in total. The molecule has 0 heterocycles. The Kier molecular flexibility index (Phi) is 11.0. The first kappa shape index (κ1) is 39.6. The standard InChI is InChI=1S/C47H36N4O10/c52-36-19-17-34(38-40(36)44(56)32-7-3-1-5-30(32)42(38)54)50-28-13-9-26(10-14-28)21-23-60-46(58)48-25-49-47(59)61-24-22-27-11-15-29(16-12-27)51-35-18-20-37(53)41-39(35)43(55)31-6-2-4-8-33(31)45(41)57/h1-20,50-53H,21-25H2,(H,48,58)(H,49,59). The lowest BCUT2D eigenvalue weighted by Crippen LogP contribution is -2.38. The van der Waals surface area contributed by atoms with Gasteiger partial charge in [-0.1, -0.05) is 72.8 Å². The van der Waals surface area contributed by atoms with Gasteiger partial charge in [-0.2, -0.15) is 0 Å². The third-order valence-corrected chi connectivity index (χ3v) is 10.3. The predicted octanol–water partition coefficient (Wildman–Crippen LogP) is 7.33. The van der Waals surface area contributed by atoms with Crippen molar-refractivity contribution in [1.29, 1.82) is 0 Å². The molecule has 0 unspecified atom stereocenters. The fraction of sp³-hybridized carbons (Fsp3) is 0.106. The number of phenolic OH excluding ortho intramolecular Hbond substituents is 2. The van der Waals surface area contributed by atoms with Gasteiger partial charge in [0.1, 0.15) is 11.5 Å². The highest BCUT2D eigenvalue weighted by atomic mass is 16.6. The van der Waals surface area contributed by atoms with Crippen LogP contribution in [0.1, 0.15) is 74.8 Å². The van der Waals surface area contributed by atoms with Gasteiger partial charge in [-0.05, 0) is 59.7 Å². The molecule has 6 N–H and O–H groups in total. The van der Waals surface area contributed by atoms with Gasteiger partial charge in [0.05, 0.1) is 53.5 Å². The van der Waals surface area contributed by atoms with Crippen LogP contribution in [0, 0.1) is 0 Å². The van der Waals surface area contributed by atoms with E-state index in [1.54, 1.807) is 84.9 Å². The summed E-state index contributed by atoms with van der Waals surface area (Å²) >= 11 is 0. The molecular weight excluding hydrogens is 781 g/mol. The summed E-state index contributed by atoms with van der Waals surface area (Å²) in [5.41, 5.74) is 4.91. The Hall–Kier alpha value is -8.26. The van der Waals surface area contributed by atoms with Crippen LogP contribution in [0.3, 0.4) is 0 Å². The second-order valence-corrected chi connectivity index (χ2v) is 14.1. The summed E-state index contributed by atoms with van der Waals surface area (Å²) < 4.78 is 10.4. The lowest BCUT2D eigenvalue weighted by Gasteiger charge is -2.21. The molecule has 0 atom stereocenters. The van der Waals surface area contributed by atoms with E-state index < -0.39 is 23.8 Å². The fourth-order valence-electron chi connectivity index (χ4n) is 7.25. The molecule has 8 rings (SSSR count). The Morgan fingerprint density at radius 3 is 1.15 bits per heavy atom. The maximum absolute atomic E-state index is 13.4. The number of anilines is 4. The summed E-state index contributed by atoms with van der Waals surface area (Å²) in [6, 6.07) is 33.2. The van der Waals surface area contributed by atoms with Crippen LogP contribution in [0.5, 0.6) is 11.5 Å². The van der Waals surface area contributed by atoms with Crippen LogP contribution in [0.25, 0.3) is 0 Å². The van der Waals surface area contributed by atoms with Crippen molar-refractivity contribution in [2.45, 2.75) is 12.8 Å². The van der Waals surface area contributed by atoms with Gasteiger partial charge < -0.3 is 41.0 Å². The lowest BCUT2D eigenvalue weighted by atomic mass is 9.82. The molecule has 0 aliphatic heterocycles. The highest BCUT2D eigenvalue weighted by Crippen LogP contribution is 2.39. The van der Waals surface area contributed by atoms with Crippen molar-refractivity contribution in [1.82, 2.24) is 10.6 Å². The highest BCUT2D eigenvalue weighted by Gasteiger charge is 2.35. The zero-order chi connectivity index (χ0) is 42.6. The zero-order valence-electron chi connectivity index (χ0n) is 32.2. The molecule has 0 bridgehead atoms. The Labute approximate surface area is 348 Å². The van der Waals surface area contributed by atoms with Crippen LogP contribution < -0.4 is 21.3 Å². The largest absolute Gasteiger partial charge is 0.507 e. The van der Waals surface area contributed by atoms with Gasteiger partial charge in [0, 0.05) is 46.5 Å². The second kappa shape index (κ2) is 16.9. The molecule has 0 spiro atoms. The number of aromatic hydroxyl groups is 2. The van der Waals surface area contributed by atoms with E-state index >= 15 is 0 Å². The fourth-order valence-corrected chi connectivity index (χ4v) is 7.25. The average molecular weight is 817 g/mol. The van der Waals surface area contributed by atoms with Crippen molar-refractivity contribution in [3.63, 3.8) is 0 Å². The van der Waals surface area contributed by atoms with E-state index in [2.05, 4.69) is 21.3 Å². The Morgan fingerprint density at radius 2 is 0.787 bits per heavy atom. The molecule has 0 fully saturated rings. The molecule has 6 aromatic carbocycles. The Morgan fingerprint density at radius 1 is 0.443 bits per heavy atom. The molecule has 304 valence electrons. The first-order valence-electron chi connectivity index (χ1n) is 19.2. The summed E-state index contributed by atoms with van der Waals surface area (Å²) in [5, 5.41) is 32.1. The predicted molar refractivity (Wildman–Crippen MR) is 224 cm³/mol. The number of amides is 2. The molecule has 0 aromatic heterocycles. The maximum atomic E-state index is 13.4. The molecule has 0 saturated carbocycles. The first-order valence-corrected chi connectivity index (χ1v) is 19.2. The average Bonchev–Trinajstić information content (AvgIpc) is 3.27. The first-order chi connectivity index (χ1) is 29.6. The van der Waals surface area contributed by atoms with E-state index in [-0.39, 0.29) is 87.5 Å². The van der Waals surface area contributed by atoms with Crippen molar-refractivity contribution < 1.29 is 48.5 Å². The van der Waals surface area contributed by atoms with Gasteiger partial charge in [0.15, 0.2) is 23.1 Å². The minimum Gasteiger partial charge on any atom is -0.507 e. The summed E-state index contributed by atoms with van der Waals surface area (Å²) in [7, 11) is 0. The lowest BCUT2D eigenvalue weighted by molar-refractivity contribution is 0.0977. The quantitative estimate of drug-likeness (QED) is 0.0529. The molecular formula is C47H36N4O10. The van der Waals surface area contributed by atoms with Gasteiger partial charge in [-0.3, -0.25) is 19.2 Å². The SMILES string of the molecule is O=C(NCNC(=O)OCCc1ccc(Nc2ccc(O)c3c2C(=O)c2ccccc2C3=O)cc1)OCCc1ccc(Nc2ccc(O)c3c2C(=O)c2ccccc2C3=O)cc1. The van der Waals surface area contributed by atoms with Gasteiger partial charge in [0.25, 0.3) is 0 Å². The Balaban J connectivity index is 0.742. The number of ketones is 4. The number of hydrogen-bond acceptors (Lipinski definition) is 12. The third-order valence-electron chi connectivity index (χ3n) is 10.3. The van der Waals surface area contributed by atoms with E-state index in [1.807, 2.05) is 24.3 Å². The highest BCUT2D eigenvalue weighted by molar-refractivity contribution is 6.32. The van der Waals surface area contributed by atoms with Gasteiger partial charge in [-0.25, -0.2) is 9.59 Å². The van der Waals surface area contributed by atoms with Crippen LogP contribution in [-0.2, 0) is 22.3 Å². The van der Waals surface area contributed by atoms with Gasteiger partial charge in [-0.15, -0.1) is 0 Å². The van der Waals surface area contributed by atoms with E-state index in [4.69, 9.17) is 9.47 Å². The van der Waals surface area contributed by atoms with Crippen LogP contribution in [0.2, 0.25) is 0 Å². The number of phenols is 2.